The Morgan fingerprint density at radius 1 is 1.07 bits per heavy atom. The van der Waals surface area contributed by atoms with E-state index in [0.29, 0.717) is 5.56 Å². The molecule has 29 heavy (non-hydrogen) atoms. The number of hydrogen-bond donors (Lipinski definition) is 1. The minimum Gasteiger partial charge on any atom is -0.268 e. The number of sulfone groups is 1. The fourth-order valence-electron chi connectivity index (χ4n) is 4.29. The van der Waals surface area contributed by atoms with Gasteiger partial charge in [0.25, 0.3) is 5.56 Å². The zero-order valence-electron chi connectivity index (χ0n) is 16.8. The Morgan fingerprint density at radius 2 is 1.69 bits per heavy atom. The molecule has 1 saturated carbocycles. The molecule has 0 saturated heterocycles. The minimum atomic E-state index is -3.25. The first kappa shape index (κ1) is 20.5. The number of fused-ring (bicyclic) bond motifs is 1. The predicted molar refractivity (Wildman–Crippen MR) is 118 cm³/mol. The number of nitrogens with zero attached hydrogens (tertiary/aromatic N) is 2. The summed E-state index contributed by atoms with van der Waals surface area (Å²) < 4.78 is 25.6. The number of hydrogen-bond acceptors (Lipinski definition) is 5. The van der Waals surface area contributed by atoms with Crippen LogP contribution in [-0.4, -0.2) is 29.5 Å². The highest BCUT2D eigenvalue weighted by Gasteiger charge is 2.32. The van der Waals surface area contributed by atoms with Crippen molar-refractivity contribution in [1.29, 1.82) is 0 Å². The first-order valence-corrected chi connectivity index (χ1v) is 13.0. The van der Waals surface area contributed by atoms with Gasteiger partial charge in [-0.1, -0.05) is 56.0 Å². The van der Waals surface area contributed by atoms with Crippen LogP contribution < -0.4 is 5.56 Å². The smallest absolute Gasteiger partial charge is 0.268 e. The molecule has 1 aromatic carbocycles. The van der Waals surface area contributed by atoms with Gasteiger partial charge in [-0.3, -0.25) is 14.6 Å². The highest BCUT2D eigenvalue weighted by Crippen LogP contribution is 2.45. The van der Waals surface area contributed by atoms with Crippen LogP contribution in [0.5, 0.6) is 0 Å². The standard InChI is InChI=1S/C21H27N3O3S2/c1-14-22-20-18(19(28-14)15-10-12-17(13-11-15)29(2,26)27)21(25)23-24(20)16-8-6-4-3-5-7-9-16/h10-13,16,19H,3-9H2,1-2H3,(H,23,25)/t19-/m0/s1. The van der Waals surface area contributed by atoms with Gasteiger partial charge in [0, 0.05) is 6.26 Å². The van der Waals surface area contributed by atoms with Crippen molar-refractivity contribution in [1.82, 2.24) is 9.78 Å². The van der Waals surface area contributed by atoms with Gasteiger partial charge in [0.2, 0.25) is 0 Å². The molecule has 0 spiro atoms. The summed E-state index contributed by atoms with van der Waals surface area (Å²) in [6.45, 7) is 1.96. The van der Waals surface area contributed by atoms with Crippen LogP contribution in [0.4, 0.5) is 5.82 Å². The topological polar surface area (TPSA) is 84.3 Å². The summed E-state index contributed by atoms with van der Waals surface area (Å²) in [5.41, 5.74) is 1.50. The second kappa shape index (κ2) is 8.14. The summed E-state index contributed by atoms with van der Waals surface area (Å²) in [5, 5.41) is 3.80. The number of nitrogens with one attached hydrogen (secondary N) is 1. The van der Waals surface area contributed by atoms with Crippen molar-refractivity contribution in [2.24, 2.45) is 4.99 Å². The van der Waals surface area contributed by atoms with Crippen molar-refractivity contribution in [2.45, 2.75) is 68.1 Å². The van der Waals surface area contributed by atoms with Crippen LogP contribution in [0.15, 0.2) is 38.9 Å². The molecule has 1 atom stereocenters. The lowest BCUT2D eigenvalue weighted by molar-refractivity contribution is 0.349. The Morgan fingerprint density at radius 3 is 2.31 bits per heavy atom. The molecule has 8 heteroatoms. The zero-order chi connectivity index (χ0) is 20.6. The zero-order valence-corrected chi connectivity index (χ0v) is 18.5. The van der Waals surface area contributed by atoms with Crippen molar-refractivity contribution in [3.05, 3.63) is 45.7 Å². The maximum atomic E-state index is 12.9. The van der Waals surface area contributed by atoms with E-state index in [1.54, 1.807) is 23.9 Å². The van der Waals surface area contributed by atoms with Gasteiger partial charge in [-0.15, -0.1) is 0 Å². The molecule has 1 aromatic heterocycles. The van der Waals surface area contributed by atoms with Crippen LogP contribution in [0.25, 0.3) is 0 Å². The summed E-state index contributed by atoms with van der Waals surface area (Å²) in [6.07, 6.45) is 9.47. The molecule has 1 fully saturated rings. The van der Waals surface area contributed by atoms with Crippen molar-refractivity contribution >= 4 is 32.5 Å². The first-order valence-electron chi connectivity index (χ1n) is 10.2. The third kappa shape index (κ3) is 4.23. The molecule has 1 N–H and O–H groups in total. The molecule has 0 amide bonds. The number of thioether (sulfide) groups is 1. The fraction of sp³-hybridized carbons (Fsp3) is 0.524. The quantitative estimate of drug-likeness (QED) is 0.757. The number of aromatic amines is 1. The molecule has 1 aliphatic heterocycles. The van der Waals surface area contributed by atoms with Crippen molar-refractivity contribution in [2.75, 3.05) is 6.26 Å². The average Bonchev–Trinajstić information content (AvgIpc) is 2.96. The minimum absolute atomic E-state index is 0.0944. The number of rotatable bonds is 3. The highest BCUT2D eigenvalue weighted by atomic mass is 32.2. The predicted octanol–water partition coefficient (Wildman–Crippen LogP) is 4.75. The summed E-state index contributed by atoms with van der Waals surface area (Å²) >= 11 is 1.54. The van der Waals surface area contributed by atoms with E-state index >= 15 is 0 Å². The number of H-pyrrole nitrogens is 1. The molecule has 4 rings (SSSR count). The van der Waals surface area contributed by atoms with Gasteiger partial charge >= 0.3 is 0 Å². The largest absolute Gasteiger partial charge is 0.271 e. The van der Waals surface area contributed by atoms with Gasteiger partial charge in [-0.05, 0) is 37.5 Å². The lowest BCUT2D eigenvalue weighted by Gasteiger charge is -2.25. The Hall–Kier alpha value is -1.80. The van der Waals surface area contributed by atoms with Crippen LogP contribution in [-0.2, 0) is 9.84 Å². The molecular formula is C21H27N3O3S2. The summed E-state index contributed by atoms with van der Waals surface area (Å²) in [6, 6.07) is 7.13. The van der Waals surface area contributed by atoms with E-state index < -0.39 is 9.84 Å². The Bertz CT molecular complexity index is 1070. The van der Waals surface area contributed by atoms with E-state index in [4.69, 9.17) is 4.99 Å². The van der Waals surface area contributed by atoms with Crippen molar-refractivity contribution in [3.8, 4) is 0 Å². The van der Waals surface area contributed by atoms with Gasteiger partial charge in [0.1, 0.15) is 0 Å². The van der Waals surface area contributed by atoms with E-state index in [-0.39, 0.29) is 21.7 Å². The van der Waals surface area contributed by atoms with E-state index in [1.807, 2.05) is 23.7 Å². The molecule has 6 nitrogen and oxygen atoms in total. The maximum absolute atomic E-state index is 12.9. The number of benzene rings is 1. The number of aliphatic imine (C=N–C) groups is 1. The molecule has 2 aromatic rings. The lowest BCUT2D eigenvalue weighted by Crippen LogP contribution is -2.15. The molecule has 156 valence electrons. The average molecular weight is 434 g/mol. The second-order valence-electron chi connectivity index (χ2n) is 8.02. The summed E-state index contributed by atoms with van der Waals surface area (Å²) in [4.78, 5) is 18.0. The van der Waals surface area contributed by atoms with E-state index in [2.05, 4.69) is 5.10 Å². The summed E-state index contributed by atoms with van der Waals surface area (Å²) in [5.74, 6) is 0.744. The fourth-order valence-corrected chi connectivity index (χ4v) is 6.03. The van der Waals surface area contributed by atoms with Crippen LogP contribution in [0.3, 0.4) is 0 Å². The maximum Gasteiger partial charge on any atom is 0.271 e. The molecule has 0 radical (unpaired) electrons. The third-order valence-corrected chi connectivity index (χ3v) is 8.10. The lowest BCUT2D eigenvalue weighted by atomic mass is 9.97. The Balaban J connectivity index is 1.74. The molecule has 1 aliphatic carbocycles. The highest BCUT2D eigenvalue weighted by molar-refractivity contribution is 8.14. The van der Waals surface area contributed by atoms with Crippen LogP contribution >= 0.6 is 11.8 Å². The Kier molecular flexibility index (Phi) is 5.75. The van der Waals surface area contributed by atoms with Crippen molar-refractivity contribution in [3.63, 3.8) is 0 Å². The normalized spacial score (nSPS) is 21.2. The van der Waals surface area contributed by atoms with Crippen molar-refractivity contribution < 1.29 is 8.42 Å². The number of aromatic nitrogens is 2. The van der Waals surface area contributed by atoms with Crippen LogP contribution in [0.2, 0.25) is 0 Å². The van der Waals surface area contributed by atoms with Crippen LogP contribution in [0, 0.1) is 0 Å². The van der Waals surface area contributed by atoms with Gasteiger partial charge in [0.15, 0.2) is 15.7 Å². The van der Waals surface area contributed by atoms with Gasteiger partial charge in [-0.25, -0.2) is 13.4 Å². The summed E-state index contributed by atoms with van der Waals surface area (Å²) in [7, 11) is -3.25. The SMILES string of the molecule is CC1=Nc2c(c(=O)[nH]n2C2CCCCCCC2)[C@H](c2ccc(S(C)(=O)=O)cc2)S1. The molecule has 2 heterocycles. The first-order chi connectivity index (χ1) is 13.8. The van der Waals surface area contributed by atoms with Gasteiger partial charge in [0.05, 0.1) is 26.8 Å². The van der Waals surface area contributed by atoms with Gasteiger partial charge in [-0.2, -0.15) is 0 Å². The van der Waals surface area contributed by atoms with Crippen LogP contribution in [0.1, 0.15) is 74.3 Å². The Labute approximate surface area is 175 Å². The van der Waals surface area contributed by atoms with Gasteiger partial charge < -0.3 is 0 Å². The molecular weight excluding hydrogens is 406 g/mol. The molecule has 2 aliphatic rings. The second-order valence-corrected chi connectivity index (χ2v) is 11.3. The third-order valence-electron chi connectivity index (χ3n) is 5.80. The molecule has 0 bridgehead atoms. The van der Waals surface area contributed by atoms with E-state index in [1.165, 1.54) is 38.4 Å². The van der Waals surface area contributed by atoms with E-state index in [9.17, 15) is 13.2 Å². The van der Waals surface area contributed by atoms with E-state index in [0.717, 1.165) is 29.3 Å². The molecule has 0 unspecified atom stereocenters. The monoisotopic (exact) mass is 433 g/mol.